The Kier molecular flexibility index (Phi) is 7.29. The fourth-order valence-corrected chi connectivity index (χ4v) is 5.23. The van der Waals surface area contributed by atoms with Crippen molar-refractivity contribution in [2.45, 2.75) is 16.2 Å². The highest BCUT2D eigenvalue weighted by Gasteiger charge is 2.29. The number of aromatic nitrogens is 2. The molecule has 0 aliphatic carbocycles. The van der Waals surface area contributed by atoms with Gasteiger partial charge in [-0.3, -0.25) is 14.4 Å². The summed E-state index contributed by atoms with van der Waals surface area (Å²) >= 11 is 2.62. The number of amides is 1. The van der Waals surface area contributed by atoms with Crippen LogP contribution in [-0.4, -0.2) is 43.9 Å². The van der Waals surface area contributed by atoms with Crippen molar-refractivity contribution in [3.63, 3.8) is 0 Å². The molecule has 1 heterocycles. The van der Waals surface area contributed by atoms with Crippen LogP contribution in [0.4, 0.5) is 10.8 Å². The van der Waals surface area contributed by atoms with Gasteiger partial charge in [0.25, 0.3) is 10.0 Å². The van der Waals surface area contributed by atoms with E-state index in [2.05, 4.69) is 15.5 Å². The number of ether oxygens (including phenoxy) is 1. The van der Waals surface area contributed by atoms with Gasteiger partial charge in [0.1, 0.15) is 12.3 Å². The summed E-state index contributed by atoms with van der Waals surface area (Å²) in [5.74, 6) is -0.169. The van der Waals surface area contributed by atoms with Gasteiger partial charge in [-0.05, 0) is 37.4 Å². The van der Waals surface area contributed by atoms with E-state index >= 15 is 0 Å². The van der Waals surface area contributed by atoms with Gasteiger partial charge in [-0.2, -0.15) is 0 Å². The van der Waals surface area contributed by atoms with E-state index < -0.39 is 22.5 Å². The number of para-hydroxylation sites is 2. The zero-order chi connectivity index (χ0) is 21.6. The molecule has 3 aromatic rings. The van der Waals surface area contributed by atoms with Crippen LogP contribution in [0.1, 0.15) is 6.92 Å². The molecule has 8 nitrogen and oxygen atoms in total. The Morgan fingerprint density at radius 2 is 1.83 bits per heavy atom. The largest absolute Gasteiger partial charge is 0.492 e. The van der Waals surface area contributed by atoms with Crippen molar-refractivity contribution in [3.8, 4) is 5.75 Å². The Morgan fingerprint density at radius 1 is 1.13 bits per heavy atom. The summed E-state index contributed by atoms with van der Waals surface area (Å²) in [4.78, 5) is 12.8. The smallest absolute Gasteiger partial charge is 0.264 e. The van der Waals surface area contributed by atoms with E-state index in [-0.39, 0.29) is 10.6 Å². The third-order valence-corrected chi connectivity index (χ3v) is 7.47. The summed E-state index contributed by atoms with van der Waals surface area (Å²) in [6.07, 6.45) is 1.85. The molecule has 1 aromatic heterocycles. The molecule has 0 spiro atoms. The van der Waals surface area contributed by atoms with Gasteiger partial charge in [-0.25, -0.2) is 8.42 Å². The topological polar surface area (TPSA) is 101 Å². The van der Waals surface area contributed by atoms with E-state index in [9.17, 15) is 13.2 Å². The lowest BCUT2D eigenvalue weighted by Crippen LogP contribution is -2.38. The molecule has 0 bridgehead atoms. The maximum atomic E-state index is 13.4. The number of rotatable bonds is 9. The number of thioether (sulfide) groups is 1. The second-order valence-electron chi connectivity index (χ2n) is 5.85. The third kappa shape index (κ3) is 5.10. The maximum absolute atomic E-state index is 13.4. The van der Waals surface area contributed by atoms with Crippen molar-refractivity contribution >= 4 is 49.8 Å². The number of carbonyl (C=O) groups excluding carboxylic acids is 1. The van der Waals surface area contributed by atoms with E-state index in [0.717, 1.165) is 4.31 Å². The Balaban J connectivity index is 1.96. The SMILES string of the molecule is CCOc1ccccc1N(CC(=O)Nc1nnc(SC)s1)S(=O)(=O)c1ccccc1. The summed E-state index contributed by atoms with van der Waals surface area (Å²) in [5, 5.41) is 10.7. The summed E-state index contributed by atoms with van der Waals surface area (Å²) in [6, 6.07) is 14.7. The maximum Gasteiger partial charge on any atom is 0.264 e. The number of nitrogens with zero attached hydrogens (tertiary/aromatic N) is 3. The quantitative estimate of drug-likeness (QED) is 0.382. The van der Waals surface area contributed by atoms with Crippen LogP contribution in [0.2, 0.25) is 0 Å². The molecule has 30 heavy (non-hydrogen) atoms. The minimum atomic E-state index is -4.03. The number of hydrogen-bond donors (Lipinski definition) is 1. The van der Waals surface area contributed by atoms with Gasteiger partial charge in [0.05, 0.1) is 17.2 Å². The molecule has 0 radical (unpaired) electrons. The van der Waals surface area contributed by atoms with Crippen molar-refractivity contribution in [3.05, 3.63) is 54.6 Å². The van der Waals surface area contributed by atoms with Gasteiger partial charge in [0.15, 0.2) is 4.34 Å². The summed E-state index contributed by atoms with van der Waals surface area (Å²) < 4.78 is 34.1. The van der Waals surface area contributed by atoms with Crippen LogP contribution in [0.3, 0.4) is 0 Å². The molecule has 11 heteroatoms. The van der Waals surface area contributed by atoms with Crippen LogP contribution in [-0.2, 0) is 14.8 Å². The van der Waals surface area contributed by atoms with Crippen molar-refractivity contribution < 1.29 is 17.9 Å². The molecular weight excluding hydrogens is 444 g/mol. The normalized spacial score (nSPS) is 11.1. The van der Waals surface area contributed by atoms with E-state index in [0.29, 0.717) is 21.8 Å². The molecule has 0 saturated carbocycles. The average Bonchev–Trinajstić information content (AvgIpc) is 3.21. The predicted octanol–water partition coefficient (Wildman–Crippen LogP) is 3.49. The lowest BCUT2D eigenvalue weighted by atomic mass is 10.3. The van der Waals surface area contributed by atoms with E-state index in [4.69, 9.17) is 4.74 Å². The number of sulfonamides is 1. The zero-order valence-corrected chi connectivity index (χ0v) is 18.8. The highest BCUT2D eigenvalue weighted by molar-refractivity contribution is 8.00. The Hall–Kier alpha value is -2.63. The van der Waals surface area contributed by atoms with Crippen LogP contribution in [0, 0.1) is 0 Å². The van der Waals surface area contributed by atoms with Gasteiger partial charge in [0.2, 0.25) is 11.0 Å². The second-order valence-corrected chi connectivity index (χ2v) is 9.74. The highest BCUT2D eigenvalue weighted by atomic mass is 32.2. The van der Waals surface area contributed by atoms with Gasteiger partial charge in [-0.15, -0.1) is 10.2 Å². The Morgan fingerprint density at radius 3 is 2.50 bits per heavy atom. The molecule has 2 aromatic carbocycles. The fraction of sp³-hybridized carbons (Fsp3) is 0.211. The van der Waals surface area contributed by atoms with Crippen LogP contribution in [0.5, 0.6) is 5.75 Å². The molecule has 0 atom stereocenters. The minimum absolute atomic E-state index is 0.0738. The predicted molar refractivity (Wildman–Crippen MR) is 119 cm³/mol. The van der Waals surface area contributed by atoms with Crippen LogP contribution >= 0.6 is 23.1 Å². The van der Waals surface area contributed by atoms with Gasteiger partial charge in [0, 0.05) is 0 Å². The molecule has 0 unspecified atom stereocenters. The van der Waals surface area contributed by atoms with Crippen LogP contribution < -0.4 is 14.4 Å². The van der Waals surface area contributed by atoms with Crippen molar-refractivity contribution in [2.75, 3.05) is 29.0 Å². The molecule has 0 saturated heterocycles. The first-order valence-electron chi connectivity index (χ1n) is 8.92. The lowest BCUT2D eigenvalue weighted by Gasteiger charge is -2.25. The number of benzene rings is 2. The van der Waals surface area contributed by atoms with Crippen molar-refractivity contribution in [1.29, 1.82) is 0 Å². The van der Waals surface area contributed by atoms with Gasteiger partial charge >= 0.3 is 0 Å². The average molecular weight is 465 g/mol. The second kappa shape index (κ2) is 9.92. The van der Waals surface area contributed by atoms with Gasteiger partial charge in [-0.1, -0.05) is 53.4 Å². The number of hydrogen-bond acceptors (Lipinski definition) is 8. The monoisotopic (exact) mass is 464 g/mol. The molecule has 158 valence electrons. The molecule has 1 N–H and O–H groups in total. The highest BCUT2D eigenvalue weighted by Crippen LogP contribution is 2.32. The van der Waals surface area contributed by atoms with Gasteiger partial charge < -0.3 is 4.74 Å². The first kappa shape index (κ1) is 22.1. The number of anilines is 2. The number of carbonyl (C=O) groups is 1. The van der Waals surface area contributed by atoms with Crippen molar-refractivity contribution in [1.82, 2.24) is 10.2 Å². The summed E-state index contributed by atoms with van der Waals surface area (Å²) in [7, 11) is -4.03. The Labute approximate surface area is 183 Å². The third-order valence-electron chi connectivity index (χ3n) is 3.88. The standard InChI is InChI=1S/C19H20N4O4S3/c1-3-27-16-12-8-7-11-15(16)23(30(25,26)14-9-5-4-6-10-14)13-17(24)20-18-21-22-19(28-2)29-18/h4-12H,3,13H2,1-2H3,(H,20,21,24). The summed E-state index contributed by atoms with van der Waals surface area (Å²) in [5.41, 5.74) is 0.278. The molecule has 0 fully saturated rings. The van der Waals surface area contributed by atoms with Crippen LogP contribution in [0.15, 0.2) is 63.8 Å². The first-order chi connectivity index (χ1) is 14.5. The minimum Gasteiger partial charge on any atom is -0.492 e. The van der Waals surface area contributed by atoms with Crippen LogP contribution in [0.25, 0.3) is 0 Å². The number of nitrogens with one attached hydrogen (secondary N) is 1. The molecule has 0 aliphatic heterocycles. The molecule has 0 aliphatic rings. The Bertz CT molecular complexity index is 1100. The zero-order valence-electron chi connectivity index (χ0n) is 16.3. The first-order valence-corrected chi connectivity index (χ1v) is 12.4. The molecule has 1 amide bonds. The fourth-order valence-electron chi connectivity index (χ4n) is 2.59. The molecular formula is C19H20N4O4S3. The lowest BCUT2D eigenvalue weighted by molar-refractivity contribution is -0.114. The van der Waals surface area contributed by atoms with E-state index in [1.54, 1.807) is 49.4 Å². The van der Waals surface area contributed by atoms with E-state index in [1.165, 1.54) is 35.2 Å². The molecule has 3 rings (SSSR count). The summed E-state index contributed by atoms with van der Waals surface area (Å²) in [6.45, 7) is 1.71. The van der Waals surface area contributed by atoms with Crippen molar-refractivity contribution in [2.24, 2.45) is 0 Å². The van der Waals surface area contributed by atoms with E-state index in [1.807, 2.05) is 6.26 Å².